The number of hydrogen-bond acceptors (Lipinski definition) is 4. The number of nitrogens with one attached hydrogen (secondary N) is 1. The number of aromatic nitrogens is 3. The molecule has 0 unspecified atom stereocenters. The van der Waals surface area contributed by atoms with E-state index in [-0.39, 0.29) is 5.91 Å². The van der Waals surface area contributed by atoms with Crippen LogP contribution in [0.2, 0.25) is 0 Å². The third-order valence-corrected chi connectivity index (χ3v) is 4.56. The highest BCUT2D eigenvalue weighted by molar-refractivity contribution is 6.04. The van der Waals surface area contributed by atoms with Gasteiger partial charge in [-0.1, -0.05) is 42.5 Å². The first kappa shape index (κ1) is 18.4. The summed E-state index contributed by atoms with van der Waals surface area (Å²) < 4.78 is 6.98. The van der Waals surface area contributed by atoms with Crippen molar-refractivity contribution in [3.8, 4) is 23.1 Å². The second-order valence-corrected chi connectivity index (χ2v) is 6.52. The Kier molecular flexibility index (Phi) is 5.07. The molecular weight excluding hydrogens is 364 g/mol. The second kappa shape index (κ2) is 7.98. The quantitative estimate of drug-likeness (QED) is 0.550. The van der Waals surface area contributed by atoms with Gasteiger partial charge < -0.3 is 10.1 Å². The topological polar surface area (TPSA) is 69.0 Å². The summed E-state index contributed by atoms with van der Waals surface area (Å²) in [6, 6.07) is 24.8. The fraction of sp³-hybridized carbons (Fsp3) is 0.0870. The van der Waals surface area contributed by atoms with Crippen molar-refractivity contribution in [2.45, 2.75) is 6.92 Å². The number of ether oxygens (including phenoxy) is 1. The van der Waals surface area contributed by atoms with Crippen LogP contribution in [0.25, 0.3) is 17.1 Å². The first-order valence-electron chi connectivity index (χ1n) is 9.19. The van der Waals surface area contributed by atoms with Gasteiger partial charge in [-0.2, -0.15) is 4.98 Å². The van der Waals surface area contributed by atoms with Crippen LogP contribution in [0.5, 0.6) is 6.01 Å². The number of carbonyl (C=O) groups is 1. The minimum Gasteiger partial charge on any atom is -0.466 e. The number of anilines is 1. The van der Waals surface area contributed by atoms with Gasteiger partial charge in [0.15, 0.2) is 5.82 Å². The summed E-state index contributed by atoms with van der Waals surface area (Å²) in [6.45, 7) is 2.03. The van der Waals surface area contributed by atoms with Crippen molar-refractivity contribution >= 4 is 11.6 Å². The van der Waals surface area contributed by atoms with Gasteiger partial charge in [0, 0.05) is 16.8 Å². The van der Waals surface area contributed by atoms with E-state index < -0.39 is 0 Å². The van der Waals surface area contributed by atoms with E-state index in [1.807, 2.05) is 73.7 Å². The largest absolute Gasteiger partial charge is 0.466 e. The molecule has 1 N–H and O–H groups in total. The molecule has 4 rings (SSSR count). The molecule has 0 atom stereocenters. The molecule has 144 valence electrons. The predicted octanol–water partition coefficient (Wildman–Crippen LogP) is 4.50. The molecule has 0 saturated heterocycles. The zero-order valence-corrected chi connectivity index (χ0v) is 16.2. The van der Waals surface area contributed by atoms with Gasteiger partial charge in [0.2, 0.25) is 0 Å². The summed E-state index contributed by atoms with van der Waals surface area (Å²) in [6.07, 6.45) is 0. The molecule has 0 aliphatic heterocycles. The molecule has 4 aromatic rings. The number of amides is 1. The smallest absolute Gasteiger partial charge is 0.336 e. The van der Waals surface area contributed by atoms with E-state index in [0.29, 0.717) is 23.1 Å². The Morgan fingerprint density at radius 2 is 1.62 bits per heavy atom. The summed E-state index contributed by atoms with van der Waals surface area (Å²) in [5.41, 5.74) is 4.20. The van der Waals surface area contributed by atoms with Gasteiger partial charge in [-0.25, -0.2) is 4.68 Å². The molecule has 1 amide bonds. The fourth-order valence-electron chi connectivity index (χ4n) is 3.04. The highest BCUT2D eigenvalue weighted by Gasteiger charge is 2.16. The molecule has 0 aliphatic carbocycles. The monoisotopic (exact) mass is 384 g/mol. The zero-order valence-electron chi connectivity index (χ0n) is 16.2. The zero-order chi connectivity index (χ0) is 20.2. The van der Waals surface area contributed by atoms with Crippen molar-refractivity contribution in [1.29, 1.82) is 0 Å². The number of benzene rings is 3. The maximum atomic E-state index is 12.3. The lowest BCUT2D eigenvalue weighted by Gasteiger charge is -2.09. The van der Waals surface area contributed by atoms with Crippen LogP contribution in [-0.4, -0.2) is 27.8 Å². The first-order chi connectivity index (χ1) is 14.2. The molecule has 1 heterocycles. The molecule has 3 aromatic carbocycles. The van der Waals surface area contributed by atoms with E-state index in [1.54, 1.807) is 23.9 Å². The molecule has 0 saturated carbocycles. The Hall–Kier alpha value is -3.93. The number of rotatable bonds is 5. The summed E-state index contributed by atoms with van der Waals surface area (Å²) in [5, 5.41) is 7.35. The SMILES string of the molecule is COc1nc(-c2ccccc2C)n(-c2ccc(NC(=O)c3ccccc3)cc2)n1. The van der Waals surface area contributed by atoms with E-state index in [2.05, 4.69) is 15.4 Å². The second-order valence-electron chi connectivity index (χ2n) is 6.52. The third kappa shape index (κ3) is 3.87. The highest BCUT2D eigenvalue weighted by atomic mass is 16.5. The Balaban J connectivity index is 1.64. The van der Waals surface area contributed by atoms with E-state index >= 15 is 0 Å². The molecule has 0 radical (unpaired) electrons. The third-order valence-electron chi connectivity index (χ3n) is 4.56. The van der Waals surface area contributed by atoms with Crippen LogP contribution in [-0.2, 0) is 0 Å². The van der Waals surface area contributed by atoms with Crippen molar-refractivity contribution in [3.63, 3.8) is 0 Å². The van der Waals surface area contributed by atoms with E-state index in [0.717, 1.165) is 16.8 Å². The van der Waals surface area contributed by atoms with Crippen LogP contribution in [0.3, 0.4) is 0 Å². The summed E-state index contributed by atoms with van der Waals surface area (Å²) in [4.78, 5) is 16.8. The molecule has 29 heavy (non-hydrogen) atoms. The molecule has 0 aliphatic rings. The van der Waals surface area contributed by atoms with Crippen molar-refractivity contribution in [2.24, 2.45) is 0 Å². The Morgan fingerprint density at radius 3 is 2.31 bits per heavy atom. The standard InChI is InChI=1S/C23H20N4O2/c1-16-8-6-7-11-20(16)21-25-23(29-2)26-27(21)19-14-12-18(13-15-19)24-22(28)17-9-4-3-5-10-17/h3-15H,1-2H3,(H,24,28). The summed E-state index contributed by atoms with van der Waals surface area (Å²) in [7, 11) is 1.55. The van der Waals surface area contributed by atoms with Gasteiger partial charge in [-0.3, -0.25) is 4.79 Å². The van der Waals surface area contributed by atoms with Gasteiger partial charge in [-0.15, -0.1) is 5.10 Å². The number of aryl methyl sites for hydroxylation is 1. The van der Waals surface area contributed by atoms with Crippen molar-refractivity contribution in [3.05, 3.63) is 90.0 Å². The lowest BCUT2D eigenvalue weighted by Crippen LogP contribution is -2.11. The van der Waals surface area contributed by atoms with Crippen LogP contribution in [0, 0.1) is 6.92 Å². The molecule has 0 bridgehead atoms. The number of nitrogens with zero attached hydrogens (tertiary/aromatic N) is 3. The first-order valence-corrected chi connectivity index (χ1v) is 9.19. The van der Waals surface area contributed by atoms with Crippen molar-refractivity contribution in [1.82, 2.24) is 14.8 Å². The maximum Gasteiger partial charge on any atom is 0.336 e. The molecule has 1 aromatic heterocycles. The minimum absolute atomic E-state index is 0.152. The lowest BCUT2D eigenvalue weighted by molar-refractivity contribution is 0.102. The van der Waals surface area contributed by atoms with Crippen LogP contribution in [0.1, 0.15) is 15.9 Å². The number of carbonyl (C=O) groups excluding carboxylic acids is 1. The Bertz CT molecular complexity index is 1140. The Labute approximate surface area is 168 Å². The highest BCUT2D eigenvalue weighted by Crippen LogP contribution is 2.26. The molecule has 0 spiro atoms. The molecule has 6 heteroatoms. The van der Waals surface area contributed by atoms with Crippen molar-refractivity contribution < 1.29 is 9.53 Å². The Morgan fingerprint density at radius 1 is 0.931 bits per heavy atom. The van der Waals surface area contributed by atoms with E-state index in [9.17, 15) is 4.79 Å². The van der Waals surface area contributed by atoms with E-state index in [4.69, 9.17) is 4.74 Å². The van der Waals surface area contributed by atoms with Gasteiger partial charge in [0.05, 0.1) is 12.8 Å². The molecule has 0 fully saturated rings. The van der Waals surface area contributed by atoms with Gasteiger partial charge in [0.1, 0.15) is 0 Å². The van der Waals surface area contributed by atoms with Gasteiger partial charge in [-0.05, 0) is 48.9 Å². The number of hydrogen-bond donors (Lipinski definition) is 1. The van der Waals surface area contributed by atoms with Crippen LogP contribution < -0.4 is 10.1 Å². The maximum absolute atomic E-state index is 12.3. The fourth-order valence-corrected chi connectivity index (χ4v) is 3.04. The molecular formula is C23H20N4O2. The predicted molar refractivity (Wildman–Crippen MR) is 112 cm³/mol. The average Bonchev–Trinajstić information content (AvgIpc) is 3.19. The van der Waals surface area contributed by atoms with E-state index in [1.165, 1.54) is 0 Å². The minimum atomic E-state index is -0.152. The average molecular weight is 384 g/mol. The van der Waals surface area contributed by atoms with Gasteiger partial charge in [0.25, 0.3) is 5.91 Å². The normalized spacial score (nSPS) is 10.6. The van der Waals surface area contributed by atoms with Gasteiger partial charge >= 0.3 is 6.01 Å². The van der Waals surface area contributed by atoms with Crippen LogP contribution in [0.15, 0.2) is 78.9 Å². The lowest BCUT2D eigenvalue weighted by atomic mass is 10.1. The summed E-state index contributed by atoms with van der Waals surface area (Å²) >= 11 is 0. The van der Waals surface area contributed by atoms with Crippen molar-refractivity contribution in [2.75, 3.05) is 12.4 Å². The summed E-state index contributed by atoms with van der Waals surface area (Å²) in [5.74, 6) is 0.544. The van der Waals surface area contributed by atoms with Crippen LogP contribution in [0.4, 0.5) is 5.69 Å². The molecule has 6 nitrogen and oxygen atoms in total. The van der Waals surface area contributed by atoms with Crippen LogP contribution >= 0.6 is 0 Å². The number of methoxy groups -OCH3 is 1.